The zero-order valence-corrected chi connectivity index (χ0v) is 12.8. The Kier molecular flexibility index (Phi) is 7.38. The maximum absolute atomic E-state index is 10.3. The summed E-state index contributed by atoms with van der Waals surface area (Å²) in [6, 6.07) is 9.12. The largest absolute Gasteiger partial charge is 1.00 e. The van der Waals surface area contributed by atoms with Crippen LogP contribution in [0.3, 0.4) is 0 Å². The van der Waals surface area contributed by atoms with Gasteiger partial charge in [0.15, 0.2) is 0 Å². The van der Waals surface area contributed by atoms with Gasteiger partial charge in [0.1, 0.15) is 0 Å². The van der Waals surface area contributed by atoms with Crippen molar-refractivity contribution in [2.75, 3.05) is 0 Å². The van der Waals surface area contributed by atoms with Gasteiger partial charge in [0, 0.05) is 0 Å². The predicted molar refractivity (Wildman–Crippen MR) is 45.6 cm³/mol. The summed E-state index contributed by atoms with van der Waals surface area (Å²) in [6.45, 7) is 0. The molecular weight excluding hydrogens is 282 g/mol. The molecule has 0 saturated carbocycles. The third-order valence-corrected chi connectivity index (χ3v) is 4.88. The quantitative estimate of drug-likeness (QED) is 0.451. The molecule has 0 saturated heterocycles. The second kappa shape index (κ2) is 6.71. The molecule has 0 aliphatic heterocycles. The minimum Gasteiger partial charge on any atom is 1.00 e. The molecule has 0 amide bonds. The van der Waals surface area contributed by atoms with E-state index in [4.69, 9.17) is 0 Å². The van der Waals surface area contributed by atoms with E-state index in [1.54, 1.807) is 0 Å². The summed E-state index contributed by atoms with van der Waals surface area (Å²) >= 11 is -0.867. The van der Waals surface area contributed by atoms with Gasteiger partial charge in [0.05, 0.1) is 0 Å². The molecule has 1 rings (SSSR count). The fourth-order valence-corrected chi connectivity index (χ4v) is 3.16. The monoisotopic (exact) mass is 290 g/mol. The zero-order chi connectivity index (χ0) is 9.03. The van der Waals surface area contributed by atoms with Crippen molar-refractivity contribution in [3.8, 4) is 0 Å². The summed E-state index contributed by atoms with van der Waals surface area (Å²) in [5.41, 5.74) is 0.900. The fourth-order valence-electron chi connectivity index (χ4n) is 0.714. The molecule has 13 heavy (non-hydrogen) atoms. The van der Waals surface area contributed by atoms with Crippen molar-refractivity contribution in [1.29, 1.82) is 0 Å². The molecule has 0 spiro atoms. The van der Waals surface area contributed by atoms with Crippen LogP contribution < -0.4 is 51.4 Å². The summed E-state index contributed by atoms with van der Waals surface area (Å²) in [7, 11) is -4.01. The smallest absolute Gasteiger partial charge is 1.00 e. The van der Waals surface area contributed by atoms with Crippen molar-refractivity contribution in [1.82, 2.24) is 0 Å². The van der Waals surface area contributed by atoms with Crippen molar-refractivity contribution < 1.29 is 64.4 Å². The molecular formula is C7H7KO3SSe. The topological polar surface area (TPSA) is 57.2 Å². The Morgan fingerprint density at radius 1 is 1.23 bits per heavy atom. The van der Waals surface area contributed by atoms with E-state index in [9.17, 15) is 13.0 Å². The van der Waals surface area contributed by atoms with Gasteiger partial charge in [-0.3, -0.25) is 0 Å². The van der Waals surface area contributed by atoms with Crippen LogP contribution in [0.4, 0.5) is 0 Å². The molecule has 0 radical (unpaired) electrons. The van der Waals surface area contributed by atoms with Gasteiger partial charge in [-0.05, 0) is 0 Å². The van der Waals surface area contributed by atoms with Gasteiger partial charge in [-0.2, -0.15) is 0 Å². The molecule has 1 aromatic rings. The number of hydrogen-bond donors (Lipinski definition) is 0. The maximum atomic E-state index is 10.3. The van der Waals surface area contributed by atoms with Gasteiger partial charge in [-0.15, -0.1) is 0 Å². The third kappa shape index (κ3) is 7.24. The molecule has 1 aromatic carbocycles. The average Bonchev–Trinajstić information content (AvgIpc) is 2.02. The van der Waals surface area contributed by atoms with E-state index in [1.807, 2.05) is 30.3 Å². The fraction of sp³-hybridized carbons (Fsp3) is 0.143. The molecule has 6 heteroatoms. The zero-order valence-electron chi connectivity index (χ0n) is 7.14. The molecule has 0 unspecified atom stereocenters. The summed E-state index contributed by atoms with van der Waals surface area (Å²) in [4.78, 5) is 0. The Balaban J connectivity index is 0.00000144. The minimum atomic E-state index is -4.01. The van der Waals surface area contributed by atoms with Crippen molar-refractivity contribution in [2.24, 2.45) is 0 Å². The average molecular weight is 289 g/mol. The van der Waals surface area contributed by atoms with Crippen molar-refractivity contribution in [2.45, 2.75) is 5.32 Å². The minimum absolute atomic E-state index is 0. The van der Waals surface area contributed by atoms with Gasteiger partial charge in [-0.1, -0.05) is 0 Å². The first-order valence-corrected chi connectivity index (χ1v) is 7.86. The SMILES string of the molecule is O=S(=O)([O-])[Se]Cc1ccccc1.[K+]. The van der Waals surface area contributed by atoms with Crippen molar-refractivity contribution in [3.05, 3.63) is 35.9 Å². The standard InChI is InChI=1S/C7H8O3SSe.K/c8-11(9,10)12-6-7-4-2-1-3-5-7;/h1-5H,6H2,(H,8,9,10);/q;+1/p-1. The van der Waals surface area contributed by atoms with Crippen LogP contribution in [0.1, 0.15) is 5.56 Å². The summed E-state index contributed by atoms with van der Waals surface area (Å²) in [5.74, 6) is 0. The Hall–Kier alpha value is 1.29. The number of benzene rings is 1. The van der Waals surface area contributed by atoms with Crippen LogP contribution in [0.15, 0.2) is 30.3 Å². The summed E-state index contributed by atoms with van der Waals surface area (Å²) < 4.78 is 30.8. The molecule has 0 atom stereocenters. The first-order chi connectivity index (χ1) is 5.58. The molecule has 0 bridgehead atoms. The van der Waals surface area contributed by atoms with Crippen LogP contribution >= 0.6 is 0 Å². The summed E-state index contributed by atoms with van der Waals surface area (Å²) in [6.07, 6.45) is 0. The van der Waals surface area contributed by atoms with E-state index in [0.717, 1.165) is 5.56 Å². The van der Waals surface area contributed by atoms with Crippen LogP contribution in [-0.4, -0.2) is 26.8 Å². The normalized spacial score (nSPS) is 10.5. The van der Waals surface area contributed by atoms with E-state index in [-0.39, 0.29) is 51.4 Å². The summed E-state index contributed by atoms with van der Waals surface area (Å²) in [5, 5.41) is 0.361. The van der Waals surface area contributed by atoms with Crippen LogP contribution in [0.5, 0.6) is 0 Å². The van der Waals surface area contributed by atoms with E-state index in [0.29, 0.717) is 5.32 Å². The van der Waals surface area contributed by atoms with Crippen LogP contribution in [0, 0.1) is 0 Å². The van der Waals surface area contributed by atoms with Gasteiger partial charge in [0.25, 0.3) is 0 Å². The van der Waals surface area contributed by atoms with Gasteiger partial charge >= 0.3 is 128 Å². The molecule has 0 heterocycles. The third-order valence-electron chi connectivity index (χ3n) is 1.21. The second-order valence-corrected chi connectivity index (χ2v) is 7.87. The van der Waals surface area contributed by atoms with E-state index < -0.39 is 22.4 Å². The number of rotatable bonds is 3. The predicted octanol–water partition coefficient (Wildman–Crippen LogP) is -2.64. The van der Waals surface area contributed by atoms with Crippen molar-refractivity contribution in [3.63, 3.8) is 0 Å². The first-order valence-electron chi connectivity index (χ1n) is 3.22. The molecule has 0 aromatic heterocycles. The van der Waals surface area contributed by atoms with Crippen LogP contribution in [0.2, 0.25) is 0 Å². The maximum Gasteiger partial charge on any atom is 1.00 e. The Morgan fingerprint density at radius 3 is 2.23 bits per heavy atom. The Labute approximate surface area is 126 Å². The van der Waals surface area contributed by atoms with Crippen LogP contribution in [0.25, 0.3) is 0 Å². The number of hydrogen-bond acceptors (Lipinski definition) is 3. The van der Waals surface area contributed by atoms with E-state index >= 15 is 0 Å². The molecule has 3 nitrogen and oxygen atoms in total. The van der Waals surface area contributed by atoms with E-state index in [1.165, 1.54) is 0 Å². The Morgan fingerprint density at radius 2 is 1.77 bits per heavy atom. The molecule has 66 valence electrons. The van der Waals surface area contributed by atoms with Gasteiger partial charge < -0.3 is 0 Å². The molecule has 0 fully saturated rings. The van der Waals surface area contributed by atoms with Gasteiger partial charge in [0.2, 0.25) is 0 Å². The van der Waals surface area contributed by atoms with E-state index in [2.05, 4.69) is 0 Å². The molecule has 0 aliphatic rings. The Bertz CT molecular complexity index is 338. The van der Waals surface area contributed by atoms with Crippen LogP contribution in [-0.2, 0) is 13.9 Å². The second-order valence-electron chi connectivity index (χ2n) is 2.16. The molecule has 0 aliphatic carbocycles. The van der Waals surface area contributed by atoms with Gasteiger partial charge in [-0.25, -0.2) is 0 Å². The van der Waals surface area contributed by atoms with Crippen molar-refractivity contribution >= 4 is 22.4 Å². The molecule has 0 N–H and O–H groups in total. The first kappa shape index (κ1) is 14.3.